The lowest BCUT2D eigenvalue weighted by atomic mass is 9.97. The second-order valence-corrected chi connectivity index (χ2v) is 6.94. The van der Waals surface area contributed by atoms with Gasteiger partial charge in [0.15, 0.2) is 0 Å². The number of rotatable bonds is 6. The summed E-state index contributed by atoms with van der Waals surface area (Å²) in [6.07, 6.45) is 5.42. The Balaban J connectivity index is 1.91. The highest BCUT2D eigenvalue weighted by molar-refractivity contribution is 5.83. The monoisotopic (exact) mass is 335 g/mol. The van der Waals surface area contributed by atoms with E-state index in [1.807, 2.05) is 37.8 Å². The van der Waals surface area contributed by atoms with Crippen molar-refractivity contribution in [3.05, 3.63) is 18.0 Å². The number of nitrogens with two attached hydrogens (primary N) is 1. The Hall–Kier alpha value is -1.89. The molecule has 134 valence electrons. The minimum Gasteiger partial charge on any atom is -0.369 e. The molecule has 2 rings (SSSR count). The molecule has 1 aliphatic rings. The fraction of sp³-hybridized carbons (Fsp3) is 0.706. The van der Waals surface area contributed by atoms with Gasteiger partial charge in [0.05, 0.1) is 24.2 Å². The van der Waals surface area contributed by atoms with Gasteiger partial charge in [-0.2, -0.15) is 5.10 Å². The van der Waals surface area contributed by atoms with Crippen LogP contribution in [0.25, 0.3) is 0 Å². The van der Waals surface area contributed by atoms with E-state index in [9.17, 15) is 9.59 Å². The van der Waals surface area contributed by atoms with Crippen LogP contribution in [0.3, 0.4) is 0 Å². The molecule has 0 bridgehead atoms. The Morgan fingerprint density at radius 2 is 2.08 bits per heavy atom. The molecule has 3 N–H and O–H groups in total. The summed E-state index contributed by atoms with van der Waals surface area (Å²) in [4.78, 5) is 25.8. The third kappa shape index (κ3) is 4.35. The van der Waals surface area contributed by atoms with Crippen molar-refractivity contribution in [3.8, 4) is 0 Å². The lowest BCUT2D eigenvalue weighted by molar-refractivity contribution is -0.136. The van der Waals surface area contributed by atoms with Gasteiger partial charge in [-0.05, 0) is 46.1 Å². The van der Waals surface area contributed by atoms with E-state index in [-0.39, 0.29) is 35.9 Å². The van der Waals surface area contributed by atoms with E-state index in [2.05, 4.69) is 17.3 Å². The molecule has 1 aromatic rings. The van der Waals surface area contributed by atoms with Crippen molar-refractivity contribution in [2.45, 2.75) is 58.7 Å². The minimum absolute atomic E-state index is 0.0247. The number of piperidine rings is 1. The molecule has 1 saturated heterocycles. The molecule has 24 heavy (non-hydrogen) atoms. The molecule has 0 radical (unpaired) electrons. The Bertz CT molecular complexity index is 585. The Morgan fingerprint density at radius 1 is 1.38 bits per heavy atom. The van der Waals surface area contributed by atoms with E-state index in [4.69, 9.17) is 5.73 Å². The predicted molar refractivity (Wildman–Crippen MR) is 92.2 cm³/mol. The van der Waals surface area contributed by atoms with E-state index >= 15 is 0 Å². The highest BCUT2D eigenvalue weighted by Crippen LogP contribution is 2.17. The molecule has 1 aromatic heterocycles. The van der Waals surface area contributed by atoms with E-state index < -0.39 is 0 Å². The van der Waals surface area contributed by atoms with Gasteiger partial charge in [-0.3, -0.25) is 14.3 Å². The second kappa shape index (κ2) is 7.79. The fourth-order valence-corrected chi connectivity index (χ4v) is 3.17. The van der Waals surface area contributed by atoms with Crippen LogP contribution in [0.5, 0.6) is 0 Å². The summed E-state index contributed by atoms with van der Waals surface area (Å²) in [7, 11) is 0. The number of likely N-dealkylation sites (tertiary alicyclic amines) is 1. The van der Waals surface area contributed by atoms with Gasteiger partial charge in [-0.1, -0.05) is 0 Å². The first-order chi connectivity index (χ1) is 11.3. The molecule has 0 unspecified atom stereocenters. The normalized spacial score (nSPS) is 22.0. The maximum atomic E-state index is 12.7. The molecule has 7 nitrogen and oxygen atoms in total. The van der Waals surface area contributed by atoms with Crippen LogP contribution in [-0.2, 0) is 9.59 Å². The third-order valence-electron chi connectivity index (χ3n) is 4.89. The lowest BCUT2D eigenvalue weighted by Crippen LogP contribution is -2.52. The lowest BCUT2D eigenvalue weighted by Gasteiger charge is -2.34. The maximum Gasteiger partial charge on any atom is 0.239 e. The number of primary amides is 1. The van der Waals surface area contributed by atoms with Crippen molar-refractivity contribution in [2.24, 2.45) is 11.7 Å². The molecule has 0 aromatic carbocycles. The number of carbonyl (C=O) groups excluding carboxylic acids is 2. The number of hydrogen-bond acceptors (Lipinski definition) is 4. The second-order valence-electron chi connectivity index (χ2n) is 6.94. The summed E-state index contributed by atoms with van der Waals surface area (Å²) in [5, 5.41) is 7.70. The zero-order valence-electron chi connectivity index (χ0n) is 15.0. The van der Waals surface area contributed by atoms with Crippen LogP contribution in [-0.4, -0.2) is 51.7 Å². The average Bonchev–Trinajstić information content (AvgIpc) is 2.99. The SMILES string of the molecule is Cc1cnn([C@H](C)[C@H](C)N[C@H](C)C(=O)N2CCC[C@H](C(N)=O)C2)c1. The van der Waals surface area contributed by atoms with Crippen molar-refractivity contribution >= 4 is 11.8 Å². The van der Waals surface area contributed by atoms with Crippen molar-refractivity contribution < 1.29 is 9.59 Å². The zero-order chi connectivity index (χ0) is 17.9. The first-order valence-electron chi connectivity index (χ1n) is 8.64. The molecular weight excluding hydrogens is 306 g/mol. The van der Waals surface area contributed by atoms with Crippen molar-refractivity contribution in [2.75, 3.05) is 13.1 Å². The maximum absolute atomic E-state index is 12.7. The highest BCUT2D eigenvalue weighted by Gasteiger charge is 2.30. The zero-order valence-corrected chi connectivity index (χ0v) is 15.0. The van der Waals surface area contributed by atoms with Crippen molar-refractivity contribution in [1.29, 1.82) is 0 Å². The number of aryl methyl sites for hydroxylation is 1. The predicted octanol–water partition coefficient (Wildman–Crippen LogP) is 0.843. The number of amides is 2. The van der Waals surface area contributed by atoms with Gasteiger partial charge in [0.2, 0.25) is 11.8 Å². The van der Waals surface area contributed by atoms with Crippen LogP contribution in [0.2, 0.25) is 0 Å². The molecule has 4 atom stereocenters. The number of carbonyl (C=O) groups is 2. The molecule has 0 spiro atoms. The molecule has 0 saturated carbocycles. The third-order valence-corrected chi connectivity index (χ3v) is 4.89. The average molecular weight is 335 g/mol. The smallest absolute Gasteiger partial charge is 0.239 e. The Morgan fingerprint density at radius 3 is 2.67 bits per heavy atom. The summed E-state index contributed by atoms with van der Waals surface area (Å²) in [5.41, 5.74) is 6.51. The van der Waals surface area contributed by atoms with Crippen molar-refractivity contribution in [3.63, 3.8) is 0 Å². The number of hydrogen-bond donors (Lipinski definition) is 2. The van der Waals surface area contributed by atoms with Crippen LogP contribution in [0.4, 0.5) is 0 Å². The van der Waals surface area contributed by atoms with Gasteiger partial charge in [0.1, 0.15) is 0 Å². The van der Waals surface area contributed by atoms with E-state index in [0.29, 0.717) is 13.1 Å². The fourth-order valence-electron chi connectivity index (χ4n) is 3.17. The van der Waals surface area contributed by atoms with Gasteiger partial charge in [-0.25, -0.2) is 0 Å². The number of aromatic nitrogens is 2. The summed E-state index contributed by atoms with van der Waals surface area (Å²) in [6.45, 7) is 9.12. The van der Waals surface area contributed by atoms with E-state index in [1.165, 1.54) is 0 Å². The highest BCUT2D eigenvalue weighted by atomic mass is 16.2. The van der Waals surface area contributed by atoms with Crippen LogP contribution in [0.1, 0.15) is 45.2 Å². The van der Waals surface area contributed by atoms with Crippen molar-refractivity contribution in [1.82, 2.24) is 20.0 Å². The molecule has 1 aliphatic heterocycles. The van der Waals surface area contributed by atoms with Gasteiger partial charge in [-0.15, -0.1) is 0 Å². The molecule has 7 heteroatoms. The minimum atomic E-state index is -0.316. The summed E-state index contributed by atoms with van der Waals surface area (Å²) < 4.78 is 1.91. The first kappa shape index (κ1) is 18.4. The van der Waals surface area contributed by atoms with Gasteiger partial charge in [0, 0.05) is 25.3 Å². The van der Waals surface area contributed by atoms with Crippen LogP contribution in [0, 0.1) is 12.8 Å². The van der Waals surface area contributed by atoms with E-state index in [1.54, 1.807) is 4.90 Å². The van der Waals surface area contributed by atoms with Crippen LogP contribution in [0.15, 0.2) is 12.4 Å². The quantitative estimate of drug-likeness (QED) is 0.806. The number of nitrogens with one attached hydrogen (secondary N) is 1. The Labute approximate surface area is 143 Å². The standard InChI is InChI=1S/C17H29N5O2/c1-11-8-19-22(9-11)14(4)12(2)20-13(3)17(24)21-7-5-6-15(10-21)16(18)23/h8-9,12-15,20H,5-7,10H2,1-4H3,(H2,18,23)/t12-,13+,14+,15-/m0/s1. The topological polar surface area (TPSA) is 93.2 Å². The van der Waals surface area contributed by atoms with Crippen LogP contribution < -0.4 is 11.1 Å². The summed E-state index contributed by atoms with van der Waals surface area (Å²) >= 11 is 0. The molecule has 2 amide bonds. The molecule has 1 fully saturated rings. The molecular formula is C17H29N5O2. The largest absolute Gasteiger partial charge is 0.369 e. The van der Waals surface area contributed by atoms with Gasteiger partial charge in [0.25, 0.3) is 0 Å². The number of nitrogens with zero attached hydrogens (tertiary/aromatic N) is 3. The van der Waals surface area contributed by atoms with Crippen LogP contribution >= 0.6 is 0 Å². The van der Waals surface area contributed by atoms with E-state index in [0.717, 1.165) is 18.4 Å². The van der Waals surface area contributed by atoms with Gasteiger partial charge >= 0.3 is 0 Å². The summed E-state index contributed by atoms with van der Waals surface area (Å²) in [5.74, 6) is -0.515. The first-order valence-corrected chi connectivity index (χ1v) is 8.64. The molecule has 2 heterocycles. The Kier molecular flexibility index (Phi) is 5.99. The van der Waals surface area contributed by atoms with Gasteiger partial charge < -0.3 is 16.0 Å². The summed E-state index contributed by atoms with van der Waals surface area (Å²) in [6, 6.07) is -0.0978. The molecule has 0 aliphatic carbocycles.